The predicted molar refractivity (Wildman–Crippen MR) is 121 cm³/mol. The average Bonchev–Trinajstić information content (AvgIpc) is 3.07. The van der Waals surface area contributed by atoms with Gasteiger partial charge in [-0.15, -0.1) is 0 Å². The van der Waals surface area contributed by atoms with Crippen molar-refractivity contribution >= 4 is 40.6 Å². The number of aliphatic imine (C=N–C) groups is 1. The summed E-state index contributed by atoms with van der Waals surface area (Å²) in [4.78, 5) is 30.3. The van der Waals surface area contributed by atoms with Crippen LogP contribution in [0.15, 0.2) is 52.4 Å². The maximum Gasteiger partial charge on any atom is 0.266 e. The van der Waals surface area contributed by atoms with Gasteiger partial charge in [0.15, 0.2) is 16.7 Å². The number of ether oxygens (including phenoxy) is 3. The minimum atomic E-state index is -1.33. The van der Waals surface area contributed by atoms with E-state index in [-0.39, 0.29) is 11.7 Å². The summed E-state index contributed by atoms with van der Waals surface area (Å²) in [5.74, 6) is -0.0759. The van der Waals surface area contributed by atoms with Crippen molar-refractivity contribution in [3.63, 3.8) is 0 Å². The first kappa shape index (κ1) is 23.2. The third-order valence-corrected chi connectivity index (χ3v) is 5.41. The zero-order valence-electron chi connectivity index (χ0n) is 18.0. The molecule has 168 valence electrons. The largest absolute Gasteiger partial charge is 0.546 e. The van der Waals surface area contributed by atoms with Gasteiger partial charge in [-0.3, -0.25) is 9.69 Å². The van der Waals surface area contributed by atoms with Crippen molar-refractivity contribution in [1.29, 1.82) is 0 Å². The van der Waals surface area contributed by atoms with E-state index in [1.165, 1.54) is 18.9 Å². The molecule has 0 bridgehead atoms. The Morgan fingerprint density at radius 1 is 1.12 bits per heavy atom. The molecule has 2 aromatic rings. The summed E-state index contributed by atoms with van der Waals surface area (Å²) in [7, 11) is 1.45. The zero-order chi connectivity index (χ0) is 23.1. The number of likely N-dealkylation sites (N-methyl/N-ethyl adjacent to an activating group) is 1. The number of rotatable bonds is 9. The summed E-state index contributed by atoms with van der Waals surface area (Å²) in [5.41, 5.74) is 1.43. The number of hydrogen-bond acceptors (Lipinski definition) is 8. The highest BCUT2D eigenvalue weighted by Gasteiger charge is 2.32. The van der Waals surface area contributed by atoms with E-state index in [2.05, 4.69) is 4.99 Å². The number of thioether (sulfide) groups is 1. The van der Waals surface area contributed by atoms with Crippen molar-refractivity contribution in [2.24, 2.45) is 4.99 Å². The maximum atomic E-state index is 12.9. The van der Waals surface area contributed by atoms with Crippen LogP contribution in [0, 0.1) is 0 Å². The first-order valence-electron chi connectivity index (χ1n) is 9.98. The molecule has 0 spiro atoms. The Bertz CT molecular complexity index is 1050. The third-order valence-electron chi connectivity index (χ3n) is 4.41. The number of nitrogens with zero attached hydrogens (tertiary/aromatic N) is 2. The molecule has 0 unspecified atom stereocenters. The lowest BCUT2D eigenvalue weighted by Gasteiger charge is -2.12. The molecule has 1 aliphatic rings. The Balaban J connectivity index is 1.84. The number of benzene rings is 2. The van der Waals surface area contributed by atoms with Crippen LogP contribution >= 0.6 is 11.8 Å². The molecule has 0 aliphatic carbocycles. The fourth-order valence-electron chi connectivity index (χ4n) is 2.95. The molecule has 1 heterocycles. The van der Waals surface area contributed by atoms with Crippen LogP contribution < -0.4 is 19.3 Å². The van der Waals surface area contributed by atoms with Gasteiger partial charge in [0.1, 0.15) is 12.4 Å². The summed E-state index contributed by atoms with van der Waals surface area (Å²) in [6.07, 6.45) is 1.74. The molecule has 0 saturated carbocycles. The Labute approximate surface area is 190 Å². The fraction of sp³-hybridized carbons (Fsp3) is 0.261. The van der Waals surface area contributed by atoms with Crippen LogP contribution in [0.1, 0.15) is 19.4 Å². The average molecular weight is 456 g/mol. The van der Waals surface area contributed by atoms with Crippen LogP contribution in [0.4, 0.5) is 5.69 Å². The SMILES string of the molecule is CCOc1ccc(N=C2S/C(=C\c3ccc(OCC(=O)[O-])c(OC)c3)C(=O)N2CC)cc1. The van der Waals surface area contributed by atoms with Gasteiger partial charge >= 0.3 is 0 Å². The molecule has 0 radical (unpaired) electrons. The van der Waals surface area contributed by atoms with Gasteiger partial charge in [-0.25, -0.2) is 4.99 Å². The van der Waals surface area contributed by atoms with Crippen molar-refractivity contribution in [1.82, 2.24) is 4.90 Å². The normalized spacial score (nSPS) is 16.0. The molecular weight excluding hydrogens is 432 g/mol. The van der Waals surface area contributed by atoms with E-state index >= 15 is 0 Å². The molecule has 1 saturated heterocycles. The molecule has 0 aromatic heterocycles. The van der Waals surface area contributed by atoms with Crippen molar-refractivity contribution < 1.29 is 28.9 Å². The number of carboxylic acids is 1. The van der Waals surface area contributed by atoms with Gasteiger partial charge in [0.25, 0.3) is 5.91 Å². The van der Waals surface area contributed by atoms with E-state index < -0.39 is 12.6 Å². The lowest BCUT2D eigenvalue weighted by Crippen LogP contribution is -2.29. The number of aliphatic carboxylic acids is 1. The molecule has 3 rings (SSSR count). The molecule has 1 aliphatic heterocycles. The van der Waals surface area contributed by atoms with Gasteiger partial charge < -0.3 is 24.1 Å². The molecule has 1 fully saturated rings. The van der Waals surface area contributed by atoms with Crippen LogP contribution in [0.3, 0.4) is 0 Å². The lowest BCUT2D eigenvalue weighted by molar-refractivity contribution is -0.307. The summed E-state index contributed by atoms with van der Waals surface area (Å²) >= 11 is 1.29. The highest BCUT2D eigenvalue weighted by molar-refractivity contribution is 8.18. The molecular formula is C23H23N2O6S-. The third kappa shape index (κ3) is 5.61. The first-order chi connectivity index (χ1) is 15.4. The number of carbonyl (C=O) groups excluding carboxylic acids is 2. The Morgan fingerprint density at radius 3 is 2.50 bits per heavy atom. The number of methoxy groups -OCH3 is 1. The monoisotopic (exact) mass is 455 g/mol. The number of carbonyl (C=O) groups is 2. The van der Waals surface area contributed by atoms with Crippen LogP contribution in [-0.2, 0) is 9.59 Å². The molecule has 0 atom stereocenters. The van der Waals surface area contributed by atoms with Crippen molar-refractivity contribution in [2.75, 3.05) is 26.9 Å². The van der Waals surface area contributed by atoms with E-state index in [1.54, 1.807) is 29.2 Å². The lowest BCUT2D eigenvalue weighted by atomic mass is 10.2. The van der Waals surface area contributed by atoms with Crippen LogP contribution in [0.25, 0.3) is 6.08 Å². The molecule has 0 N–H and O–H groups in total. The van der Waals surface area contributed by atoms with Crippen LogP contribution in [-0.4, -0.2) is 48.8 Å². The minimum Gasteiger partial charge on any atom is -0.546 e. The standard InChI is InChI=1S/C23H24N2O6S/c1-4-25-22(28)20(32-23(25)24-16-7-9-17(10-8-16)30-5-2)13-15-6-11-18(19(12-15)29-3)31-14-21(26)27/h6-13H,4-5,14H2,1-3H3,(H,26,27)/p-1/b20-13-,24-23?. The molecule has 32 heavy (non-hydrogen) atoms. The first-order valence-corrected chi connectivity index (χ1v) is 10.8. The highest BCUT2D eigenvalue weighted by atomic mass is 32.2. The van der Waals surface area contributed by atoms with Gasteiger partial charge in [-0.2, -0.15) is 0 Å². The second kappa shape index (κ2) is 10.7. The second-order valence-corrected chi connectivity index (χ2v) is 7.56. The maximum absolute atomic E-state index is 12.9. The number of carboxylic acid groups (broad SMARTS) is 1. The molecule has 1 amide bonds. The van der Waals surface area contributed by atoms with Crippen molar-refractivity contribution in [2.45, 2.75) is 13.8 Å². The summed E-state index contributed by atoms with van der Waals surface area (Å²) in [5, 5.41) is 11.2. The van der Waals surface area contributed by atoms with E-state index in [1.807, 2.05) is 38.1 Å². The zero-order valence-corrected chi connectivity index (χ0v) is 18.8. The van der Waals surface area contributed by atoms with Gasteiger partial charge in [-0.05, 0) is 73.6 Å². The summed E-state index contributed by atoms with van der Waals surface area (Å²) in [6.45, 7) is 4.30. The van der Waals surface area contributed by atoms with Gasteiger partial charge in [0, 0.05) is 6.54 Å². The topological polar surface area (TPSA) is 100 Å². The Morgan fingerprint density at radius 2 is 1.88 bits per heavy atom. The summed E-state index contributed by atoms with van der Waals surface area (Å²) in [6, 6.07) is 12.3. The van der Waals surface area contributed by atoms with E-state index in [0.29, 0.717) is 34.5 Å². The summed E-state index contributed by atoms with van der Waals surface area (Å²) < 4.78 is 15.9. The molecule has 8 nitrogen and oxygen atoms in total. The molecule has 2 aromatic carbocycles. The number of amidine groups is 1. The fourth-order valence-corrected chi connectivity index (χ4v) is 4.01. The quantitative estimate of drug-likeness (QED) is 0.536. The van der Waals surface area contributed by atoms with E-state index in [0.717, 1.165) is 11.4 Å². The van der Waals surface area contributed by atoms with Crippen LogP contribution in [0.5, 0.6) is 17.2 Å². The number of hydrogen-bond donors (Lipinski definition) is 0. The second-order valence-electron chi connectivity index (χ2n) is 6.55. The predicted octanol–water partition coefficient (Wildman–Crippen LogP) is 2.85. The minimum absolute atomic E-state index is 0.140. The highest BCUT2D eigenvalue weighted by Crippen LogP contribution is 2.36. The van der Waals surface area contributed by atoms with E-state index in [4.69, 9.17) is 14.2 Å². The van der Waals surface area contributed by atoms with Gasteiger partial charge in [0.2, 0.25) is 0 Å². The molecule has 9 heteroatoms. The van der Waals surface area contributed by atoms with Crippen molar-refractivity contribution in [3.05, 3.63) is 52.9 Å². The van der Waals surface area contributed by atoms with Crippen molar-refractivity contribution in [3.8, 4) is 17.2 Å². The smallest absolute Gasteiger partial charge is 0.266 e. The van der Waals surface area contributed by atoms with E-state index in [9.17, 15) is 14.7 Å². The van der Waals surface area contributed by atoms with Gasteiger partial charge in [-0.1, -0.05) is 6.07 Å². The Kier molecular flexibility index (Phi) is 7.77. The van der Waals surface area contributed by atoms with Crippen LogP contribution in [0.2, 0.25) is 0 Å². The van der Waals surface area contributed by atoms with Gasteiger partial charge in [0.05, 0.1) is 30.3 Å². The Hall–Kier alpha value is -3.46. The number of amides is 1.